The van der Waals surface area contributed by atoms with E-state index in [0.717, 1.165) is 62.2 Å². The molecule has 1 amide bonds. The molecule has 2 aliphatic rings. The monoisotopic (exact) mass is 343 g/mol. The van der Waals surface area contributed by atoms with Crippen LogP contribution in [0.4, 0.5) is 0 Å². The molecule has 0 saturated carbocycles. The molecule has 7 nitrogen and oxygen atoms in total. The average molecular weight is 343 g/mol. The van der Waals surface area contributed by atoms with E-state index in [1.54, 1.807) is 0 Å². The van der Waals surface area contributed by atoms with Gasteiger partial charge in [0.15, 0.2) is 0 Å². The Morgan fingerprint density at radius 3 is 2.92 bits per heavy atom. The highest BCUT2D eigenvalue weighted by molar-refractivity contribution is 5.77. The standard InChI is InChI=1S/C18H25N5O2/c1-21-9-8-18(7-6-16(21)24)13-23(11-10-22(18)2)12-14-4-3-5-15-17(14)20-25-19-15/h3-5H,6-13H2,1-2H3/t18-/m0/s1. The number of hydrogen-bond acceptors (Lipinski definition) is 6. The van der Waals surface area contributed by atoms with Gasteiger partial charge in [-0.1, -0.05) is 12.1 Å². The minimum absolute atomic E-state index is 0.0780. The lowest BCUT2D eigenvalue weighted by Gasteiger charge is -2.49. The molecule has 1 aromatic heterocycles. The van der Waals surface area contributed by atoms with Crippen LogP contribution in [0.3, 0.4) is 0 Å². The molecule has 0 bridgehead atoms. The lowest BCUT2D eigenvalue weighted by molar-refractivity contribution is -0.129. The maximum absolute atomic E-state index is 12.1. The first-order chi connectivity index (χ1) is 12.1. The second kappa shape index (κ2) is 6.38. The van der Waals surface area contributed by atoms with Gasteiger partial charge in [0.2, 0.25) is 5.91 Å². The Bertz CT molecular complexity index is 776. The van der Waals surface area contributed by atoms with Gasteiger partial charge in [0.1, 0.15) is 11.0 Å². The SMILES string of the molecule is CN1CC[C@@]2(CCC1=O)CN(Cc1cccc3nonc13)CCN2C. The molecule has 1 atom stereocenters. The van der Waals surface area contributed by atoms with Crippen molar-refractivity contribution in [1.82, 2.24) is 25.0 Å². The van der Waals surface area contributed by atoms with Crippen molar-refractivity contribution < 1.29 is 9.42 Å². The van der Waals surface area contributed by atoms with Crippen molar-refractivity contribution in [2.24, 2.45) is 0 Å². The van der Waals surface area contributed by atoms with Crippen molar-refractivity contribution in [3.05, 3.63) is 23.8 Å². The molecule has 0 aliphatic carbocycles. The van der Waals surface area contributed by atoms with Gasteiger partial charge >= 0.3 is 0 Å². The maximum Gasteiger partial charge on any atom is 0.222 e. The van der Waals surface area contributed by atoms with Crippen LogP contribution in [0.1, 0.15) is 24.8 Å². The van der Waals surface area contributed by atoms with Crippen LogP contribution in [0.15, 0.2) is 22.8 Å². The summed E-state index contributed by atoms with van der Waals surface area (Å²) in [5.41, 5.74) is 2.89. The van der Waals surface area contributed by atoms with Gasteiger partial charge in [-0.15, -0.1) is 0 Å². The number of aromatic nitrogens is 2. The van der Waals surface area contributed by atoms with E-state index in [1.165, 1.54) is 0 Å². The van der Waals surface area contributed by atoms with Crippen molar-refractivity contribution in [3.8, 4) is 0 Å². The zero-order valence-corrected chi connectivity index (χ0v) is 14.9. The first-order valence-corrected chi connectivity index (χ1v) is 8.95. The lowest BCUT2D eigenvalue weighted by Crippen LogP contribution is -2.60. The Morgan fingerprint density at radius 1 is 1.16 bits per heavy atom. The van der Waals surface area contributed by atoms with Gasteiger partial charge < -0.3 is 4.90 Å². The quantitative estimate of drug-likeness (QED) is 0.820. The molecular formula is C18H25N5O2. The molecule has 4 rings (SSSR count). The predicted molar refractivity (Wildman–Crippen MR) is 93.9 cm³/mol. The fourth-order valence-corrected chi connectivity index (χ4v) is 4.21. The summed E-state index contributed by atoms with van der Waals surface area (Å²) in [6.07, 6.45) is 2.59. The number of carbonyl (C=O) groups excluding carboxylic acids is 1. The second-order valence-electron chi connectivity index (χ2n) is 7.47. The number of likely N-dealkylation sites (tertiary alicyclic amines) is 1. The maximum atomic E-state index is 12.1. The van der Waals surface area contributed by atoms with E-state index in [2.05, 4.69) is 33.2 Å². The third-order valence-corrected chi connectivity index (χ3v) is 5.99. The van der Waals surface area contributed by atoms with Crippen LogP contribution >= 0.6 is 0 Å². The van der Waals surface area contributed by atoms with Crippen LogP contribution < -0.4 is 0 Å². The largest absolute Gasteiger partial charge is 0.346 e. The summed E-state index contributed by atoms with van der Waals surface area (Å²) in [7, 11) is 4.12. The number of piperazine rings is 1. The van der Waals surface area contributed by atoms with Crippen molar-refractivity contribution in [2.75, 3.05) is 40.3 Å². The van der Waals surface area contributed by atoms with Gasteiger partial charge in [-0.25, -0.2) is 4.63 Å². The molecule has 3 heterocycles. The molecule has 0 unspecified atom stereocenters. The summed E-state index contributed by atoms with van der Waals surface area (Å²) >= 11 is 0. The molecule has 1 spiro atoms. The first-order valence-electron chi connectivity index (χ1n) is 8.95. The van der Waals surface area contributed by atoms with Crippen molar-refractivity contribution in [1.29, 1.82) is 0 Å². The fraction of sp³-hybridized carbons (Fsp3) is 0.611. The van der Waals surface area contributed by atoms with E-state index < -0.39 is 0 Å². The van der Waals surface area contributed by atoms with Crippen molar-refractivity contribution >= 4 is 16.9 Å². The van der Waals surface area contributed by atoms with Gasteiger partial charge in [0, 0.05) is 51.7 Å². The molecule has 2 saturated heterocycles. The summed E-state index contributed by atoms with van der Waals surface area (Å²) in [5, 5.41) is 8.00. The van der Waals surface area contributed by atoms with Crippen LogP contribution in [-0.4, -0.2) is 76.7 Å². The number of likely N-dealkylation sites (N-methyl/N-ethyl adjacent to an activating group) is 1. The number of nitrogens with zero attached hydrogens (tertiary/aromatic N) is 5. The number of fused-ring (bicyclic) bond motifs is 1. The topological polar surface area (TPSA) is 65.7 Å². The van der Waals surface area contributed by atoms with Crippen LogP contribution in [0, 0.1) is 0 Å². The Hall–Kier alpha value is -1.99. The lowest BCUT2D eigenvalue weighted by atomic mass is 9.86. The number of rotatable bonds is 2. The molecule has 134 valence electrons. The molecule has 2 aromatic rings. The minimum atomic E-state index is 0.0780. The Labute approximate surface area is 147 Å². The zero-order valence-electron chi connectivity index (χ0n) is 14.9. The third kappa shape index (κ3) is 3.02. The molecule has 1 aromatic carbocycles. The van der Waals surface area contributed by atoms with Gasteiger partial charge in [-0.2, -0.15) is 0 Å². The van der Waals surface area contributed by atoms with Crippen molar-refractivity contribution in [2.45, 2.75) is 31.3 Å². The number of carbonyl (C=O) groups is 1. The molecular weight excluding hydrogens is 318 g/mol. The van der Waals surface area contributed by atoms with Crippen LogP contribution in [0.25, 0.3) is 11.0 Å². The smallest absolute Gasteiger partial charge is 0.222 e. The van der Waals surface area contributed by atoms with Gasteiger partial charge in [-0.05, 0) is 41.8 Å². The second-order valence-corrected chi connectivity index (χ2v) is 7.47. The van der Waals surface area contributed by atoms with E-state index in [4.69, 9.17) is 4.63 Å². The van der Waals surface area contributed by atoms with Crippen molar-refractivity contribution in [3.63, 3.8) is 0 Å². The van der Waals surface area contributed by atoms with Crippen LogP contribution in [0.2, 0.25) is 0 Å². The molecule has 2 fully saturated rings. The summed E-state index contributed by atoms with van der Waals surface area (Å²) in [6, 6.07) is 6.03. The number of benzene rings is 1. The third-order valence-electron chi connectivity index (χ3n) is 5.99. The van der Waals surface area contributed by atoms with E-state index in [9.17, 15) is 4.79 Å². The van der Waals surface area contributed by atoms with Gasteiger partial charge in [0.05, 0.1) is 0 Å². The van der Waals surface area contributed by atoms with E-state index in [0.29, 0.717) is 6.42 Å². The van der Waals surface area contributed by atoms with Gasteiger partial charge in [-0.3, -0.25) is 14.6 Å². The number of hydrogen-bond donors (Lipinski definition) is 0. The Kier molecular flexibility index (Phi) is 4.21. The van der Waals surface area contributed by atoms with E-state index >= 15 is 0 Å². The summed E-state index contributed by atoms with van der Waals surface area (Å²) < 4.78 is 4.89. The molecule has 0 N–H and O–H groups in total. The predicted octanol–water partition coefficient (Wildman–Crippen LogP) is 1.35. The minimum Gasteiger partial charge on any atom is -0.346 e. The Morgan fingerprint density at radius 2 is 2.04 bits per heavy atom. The fourth-order valence-electron chi connectivity index (χ4n) is 4.21. The van der Waals surface area contributed by atoms with Crippen LogP contribution in [0.5, 0.6) is 0 Å². The number of amides is 1. The molecule has 25 heavy (non-hydrogen) atoms. The summed E-state index contributed by atoms with van der Waals surface area (Å²) in [4.78, 5) is 18.9. The summed E-state index contributed by atoms with van der Waals surface area (Å²) in [5.74, 6) is 0.265. The average Bonchev–Trinajstić information content (AvgIpc) is 3.05. The van der Waals surface area contributed by atoms with E-state index in [-0.39, 0.29) is 11.4 Å². The summed E-state index contributed by atoms with van der Waals surface area (Å²) in [6.45, 7) is 4.69. The van der Waals surface area contributed by atoms with E-state index in [1.807, 2.05) is 24.1 Å². The Balaban J connectivity index is 1.54. The first kappa shape index (κ1) is 16.5. The highest BCUT2D eigenvalue weighted by Gasteiger charge is 2.41. The molecule has 2 aliphatic heterocycles. The zero-order chi connectivity index (χ0) is 17.4. The highest BCUT2D eigenvalue weighted by Crippen LogP contribution is 2.32. The molecule has 7 heteroatoms. The normalized spacial score (nSPS) is 26.5. The van der Waals surface area contributed by atoms with Crippen LogP contribution in [-0.2, 0) is 11.3 Å². The molecule has 0 radical (unpaired) electrons. The highest BCUT2D eigenvalue weighted by atomic mass is 16.6. The van der Waals surface area contributed by atoms with Gasteiger partial charge in [0.25, 0.3) is 0 Å².